The van der Waals surface area contributed by atoms with Gasteiger partial charge in [-0.15, -0.1) is 10.2 Å². The average molecular weight is 280 g/mol. The Hall–Kier alpha value is -2.20. The van der Waals surface area contributed by atoms with Crippen LogP contribution in [0.15, 0.2) is 42.6 Å². The molecule has 2 aromatic heterocycles. The molecule has 1 N–H and O–H groups in total. The van der Waals surface area contributed by atoms with Crippen molar-refractivity contribution in [2.24, 2.45) is 0 Å². The monoisotopic (exact) mass is 280 g/mol. The summed E-state index contributed by atoms with van der Waals surface area (Å²) in [5.41, 5.74) is 4.82. The van der Waals surface area contributed by atoms with Gasteiger partial charge in [-0.2, -0.15) is 0 Å². The van der Waals surface area contributed by atoms with Gasteiger partial charge < -0.3 is 5.32 Å². The lowest BCUT2D eigenvalue weighted by atomic mass is 10.1. The van der Waals surface area contributed by atoms with Crippen LogP contribution in [0.5, 0.6) is 0 Å². The number of nitrogens with one attached hydrogen (secondary N) is 1. The molecule has 0 unspecified atom stereocenters. The van der Waals surface area contributed by atoms with E-state index in [1.54, 1.807) is 0 Å². The Morgan fingerprint density at radius 3 is 2.81 bits per heavy atom. The van der Waals surface area contributed by atoms with Gasteiger partial charge in [0.2, 0.25) is 0 Å². The summed E-state index contributed by atoms with van der Waals surface area (Å²) in [5.74, 6) is 0.940. The molecule has 1 atom stereocenters. The first-order valence-electron chi connectivity index (χ1n) is 7.24. The Labute approximate surface area is 124 Å². The topological polar surface area (TPSA) is 42.2 Å². The van der Waals surface area contributed by atoms with Crippen LogP contribution in [-0.2, 0) is 6.54 Å². The molecule has 4 nitrogen and oxygen atoms in total. The van der Waals surface area contributed by atoms with E-state index in [4.69, 9.17) is 0 Å². The maximum Gasteiger partial charge on any atom is 0.160 e. The molecule has 3 aromatic rings. The Kier molecular flexibility index (Phi) is 3.71. The number of hydrogen-bond donors (Lipinski definition) is 1. The molecule has 0 spiro atoms. The van der Waals surface area contributed by atoms with Crippen LogP contribution < -0.4 is 5.32 Å². The second-order valence-corrected chi connectivity index (χ2v) is 5.52. The van der Waals surface area contributed by atoms with E-state index in [2.05, 4.69) is 54.5 Å². The fraction of sp³-hybridized carbons (Fsp3) is 0.294. The fourth-order valence-electron chi connectivity index (χ4n) is 2.55. The molecule has 0 aliphatic rings. The van der Waals surface area contributed by atoms with Gasteiger partial charge >= 0.3 is 0 Å². The molecule has 108 valence electrons. The molecule has 0 saturated carbocycles. The maximum atomic E-state index is 4.29. The Morgan fingerprint density at radius 2 is 2.00 bits per heavy atom. The van der Waals surface area contributed by atoms with Gasteiger partial charge in [-0.3, -0.25) is 4.40 Å². The number of pyridine rings is 1. The van der Waals surface area contributed by atoms with Crippen molar-refractivity contribution in [1.29, 1.82) is 0 Å². The van der Waals surface area contributed by atoms with E-state index in [0.717, 1.165) is 18.0 Å². The molecular weight excluding hydrogens is 260 g/mol. The minimum Gasteiger partial charge on any atom is -0.303 e. The highest BCUT2D eigenvalue weighted by Gasteiger charge is 2.12. The molecule has 21 heavy (non-hydrogen) atoms. The van der Waals surface area contributed by atoms with Crippen LogP contribution in [-0.4, -0.2) is 14.6 Å². The van der Waals surface area contributed by atoms with Crippen LogP contribution in [0.3, 0.4) is 0 Å². The van der Waals surface area contributed by atoms with Gasteiger partial charge in [0.05, 0.1) is 6.04 Å². The first-order chi connectivity index (χ1) is 10.1. The molecule has 0 aliphatic carbocycles. The average Bonchev–Trinajstić information content (AvgIpc) is 2.90. The zero-order valence-electron chi connectivity index (χ0n) is 12.7. The standard InChI is InChI=1S/C17H20N4/c1-12-7-8-15(13(2)10-12)11-18-14(3)17-20-19-16-6-4-5-9-21(16)17/h4-10,14,18H,11H2,1-3H3/t14-/m0/s1. The largest absolute Gasteiger partial charge is 0.303 e. The van der Waals surface area contributed by atoms with Gasteiger partial charge in [0, 0.05) is 12.7 Å². The summed E-state index contributed by atoms with van der Waals surface area (Å²) >= 11 is 0. The van der Waals surface area contributed by atoms with Crippen molar-refractivity contribution in [2.75, 3.05) is 0 Å². The van der Waals surface area contributed by atoms with E-state index in [0.29, 0.717) is 0 Å². The second kappa shape index (κ2) is 5.66. The van der Waals surface area contributed by atoms with Crippen molar-refractivity contribution < 1.29 is 0 Å². The summed E-state index contributed by atoms with van der Waals surface area (Å²) < 4.78 is 2.03. The summed E-state index contributed by atoms with van der Waals surface area (Å²) in [6.45, 7) is 7.22. The number of aromatic nitrogens is 3. The Bertz CT molecular complexity index is 760. The number of nitrogens with zero attached hydrogens (tertiary/aromatic N) is 3. The highest BCUT2D eigenvalue weighted by molar-refractivity contribution is 5.37. The van der Waals surface area contributed by atoms with Gasteiger partial charge in [-0.05, 0) is 44.0 Å². The van der Waals surface area contributed by atoms with Gasteiger partial charge in [-0.1, -0.05) is 29.8 Å². The SMILES string of the molecule is Cc1ccc(CN[C@@H](C)c2nnc3ccccn23)c(C)c1. The summed E-state index contributed by atoms with van der Waals surface area (Å²) in [6.07, 6.45) is 2.00. The quantitative estimate of drug-likeness (QED) is 0.798. The molecule has 0 radical (unpaired) electrons. The van der Waals surface area contributed by atoms with E-state index in [1.807, 2.05) is 28.8 Å². The highest BCUT2D eigenvalue weighted by atomic mass is 15.3. The summed E-state index contributed by atoms with van der Waals surface area (Å²) in [4.78, 5) is 0. The maximum absolute atomic E-state index is 4.29. The van der Waals surface area contributed by atoms with Crippen LogP contribution in [0.25, 0.3) is 5.65 Å². The summed E-state index contributed by atoms with van der Waals surface area (Å²) in [6, 6.07) is 12.6. The van der Waals surface area contributed by atoms with E-state index < -0.39 is 0 Å². The van der Waals surface area contributed by atoms with Gasteiger partial charge in [0.25, 0.3) is 0 Å². The van der Waals surface area contributed by atoms with Crippen molar-refractivity contribution in [2.45, 2.75) is 33.4 Å². The first kappa shape index (κ1) is 13.8. The Balaban J connectivity index is 1.76. The lowest BCUT2D eigenvalue weighted by molar-refractivity contribution is 0.540. The molecule has 3 rings (SSSR count). The number of benzene rings is 1. The zero-order chi connectivity index (χ0) is 14.8. The molecule has 0 aliphatic heterocycles. The molecule has 0 amide bonds. The number of aryl methyl sites for hydroxylation is 2. The van der Waals surface area contributed by atoms with Gasteiger partial charge in [0.1, 0.15) is 0 Å². The van der Waals surface area contributed by atoms with Crippen LogP contribution in [0.2, 0.25) is 0 Å². The third-order valence-electron chi connectivity index (χ3n) is 3.82. The molecule has 2 heterocycles. The smallest absolute Gasteiger partial charge is 0.160 e. The van der Waals surface area contributed by atoms with Gasteiger partial charge in [0.15, 0.2) is 11.5 Å². The van der Waals surface area contributed by atoms with E-state index >= 15 is 0 Å². The minimum absolute atomic E-state index is 0.142. The molecule has 0 bridgehead atoms. The molecule has 4 heteroatoms. The van der Waals surface area contributed by atoms with Crippen LogP contribution in [0.1, 0.15) is 35.5 Å². The third kappa shape index (κ3) is 2.81. The normalized spacial score (nSPS) is 12.7. The number of hydrogen-bond acceptors (Lipinski definition) is 3. The predicted molar refractivity (Wildman–Crippen MR) is 84.2 cm³/mol. The lowest BCUT2D eigenvalue weighted by Gasteiger charge is -2.14. The molecule has 0 fully saturated rings. The van der Waals surface area contributed by atoms with Gasteiger partial charge in [-0.25, -0.2) is 0 Å². The van der Waals surface area contributed by atoms with Crippen molar-refractivity contribution in [3.05, 3.63) is 65.1 Å². The fourth-order valence-corrected chi connectivity index (χ4v) is 2.55. The second-order valence-electron chi connectivity index (χ2n) is 5.52. The molecular formula is C17H20N4. The molecule has 0 saturated heterocycles. The van der Waals surface area contributed by atoms with E-state index in [-0.39, 0.29) is 6.04 Å². The minimum atomic E-state index is 0.142. The van der Waals surface area contributed by atoms with Crippen molar-refractivity contribution >= 4 is 5.65 Å². The third-order valence-corrected chi connectivity index (χ3v) is 3.82. The predicted octanol–water partition coefficient (Wildman–Crippen LogP) is 3.20. The molecule has 1 aromatic carbocycles. The van der Waals surface area contributed by atoms with Crippen molar-refractivity contribution in [1.82, 2.24) is 19.9 Å². The first-order valence-corrected chi connectivity index (χ1v) is 7.24. The van der Waals surface area contributed by atoms with Crippen molar-refractivity contribution in [3.8, 4) is 0 Å². The summed E-state index contributed by atoms with van der Waals surface area (Å²) in [7, 11) is 0. The van der Waals surface area contributed by atoms with Crippen molar-refractivity contribution in [3.63, 3.8) is 0 Å². The number of rotatable bonds is 4. The Morgan fingerprint density at radius 1 is 1.14 bits per heavy atom. The highest BCUT2D eigenvalue weighted by Crippen LogP contribution is 2.15. The van der Waals surface area contributed by atoms with Crippen LogP contribution >= 0.6 is 0 Å². The number of fused-ring (bicyclic) bond motifs is 1. The van der Waals surface area contributed by atoms with E-state index in [9.17, 15) is 0 Å². The van der Waals surface area contributed by atoms with Crippen LogP contribution in [0.4, 0.5) is 0 Å². The lowest BCUT2D eigenvalue weighted by Crippen LogP contribution is -2.20. The summed E-state index contributed by atoms with van der Waals surface area (Å²) in [5, 5.41) is 12.0. The van der Waals surface area contributed by atoms with Crippen LogP contribution in [0, 0.1) is 13.8 Å². The zero-order valence-corrected chi connectivity index (χ0v) is 12.7. The van der Waals surface area contributed by atoms with E-state index in [1.165, 1.54) is 16.7 Å².